The number of nitrogens with one attached hydrogen (secondary N) is 2. The van der Waals surface area contributed by atoms with Crippen LogP contribution in [0, 0.1) is 13.8 Å². The Labute approximate surface area is 171 Å². The molecule has 0 bridgehead atoms. The smallest absolute Gasteiger partial charge is 0.321 e. The van der Waals surface area contributed by atoms with Gasteiger partial charge in [-0.1, -0.05) is 12.1 Å². The summed E-state index contributed by atoms with van der Waals surface area (Å²) in [7, 11) is 0. The fourth-order valence-corrected chi connectivity index (χ4v) is 3.91. The quantitative estimate of drug-likeness (QED) is 0.657. The maximum atomic E-state index is 12.9. The van der Waals surface area contributed by atoms with E-state index in [-0.39, 0.29) is 11.9 Å². The highest BCUT2D eigenvalue weighted by atomic mass is 16.5. The molecule has 2 aromatic carbocycles. The van der Waals surface area contributed by atoms with Crippen molar-refractivity contribution < 1.29 is 9.53 Å². The van der Waals surface area contributed by atoms with Crippen LogP contribution in [0.2, 0.25) is 0 Å². The van der Waals surface area contributed by atoms with Crippen molar-refractivity contribution in [1.29, 1.82) is 0 Å². The summed E-state index contributed by atoms with van der Waals surface area (Å²) in [5.41, 5.74) is 5.26. The second kappa shape index (κ2) is 8.15. The van der Waals surface area contributed by atoms with E-state index in [9.17, 15) is 4.79 Å². The zero-order valence-electron chi connectivity index (χ0n) is 17.3. The van der Waals surface area contributed by atoms with Crippen molar-refractivity contribution in [3.8, 4) is 5.75 Å². The summed E-state index contributed by atoms with van der Waals surface area (Å²) in [5, 5.41) is 3.01. The van der Waals surface area contributed by atoms with Gasteiger partial charge < -0.3 is 19.9 Å². The predicted octanol–water partition coefficient (Wildman–Crippen LogP) is 4.99. The molecule has 1 aliphatic heterocycles. The lowest BCUT2D eigenvalue weighted by Crippen LogP contribution is -2.41. The number of aromatic amines is 1. The summed E-state index contributed by atoms with van der Waals surface area (Å²) in [5.74, 6) is 1.88. The largest absolute Gasteiger partial charge is 0.492 e. The van der Waals surface area contributed by atoms with Gasteiger partial charge >= 0.3 is 6.03 Å². The maximum Gasteiger partial charge on any atom is 0.321 e. The lowest BCUT2D eigenvalue weighted by molar-refractivity contribution is 0.191. The van der Waals surface area contributed by atoms with Crippen LogP contribution in [0.5, 0.6) is 5.75 Å². The number of H-pyrrole nitrogens is 1. The molecule has 4 rings (SSSR count). The zero-order chi connectivity index (χ0) is 20.4. The van der Waals surface area contributed by atoms with E-state index in [1.54, 1.807) is 0 Å². The highest BCUT2D eigenvalue weighted by molar-refractivity contribution is 5.91. The summed E-state index contributed by atoms with van der Waals surface area (Å²) in [6.45, 7) is 8.11. The molecular weight excluding hydrogens is 364 g/mol. The number of imidazole rings is 1. The molecule has 0 spiro atoms. The molecule has 1 aromatic heterocycles. The number of ether oxygens (including phenoxy) is 1. The number of urea groups is 1. The molecular formula is C23H28N4O2. The van der Waals surface area contributed by atoms with Crippen LogP contribution in [-0.4, -0.2) is 40.6 Å². The van der Waals surface area contributed by atoms with Crippen LogP contribution in [0.15, 0.2) is 36.4 Å². The van der Waals surface area contributed by atoms with E-state index in [2.05, 4.69) is 36.3 Å². The number of piperidine rings is 1. The number of para-hydroxylation sites is 2. The van der Waals surface area contributed by atoms with Gasteiger partial charge in [-0.25, -0.2) is 9.78 Å². The Morgan fingerprint density at radius 2 is 2.07 bits per heavy atom. The second-order valence-electron chi connectivity index (χ2n) is 7.72. The number of benzene rings is 2. The van der Waals surface area contributed by atoms with Crippen LogP contribution in [0.25, 0.3) is 11.0 Å². The van der Waals surface area contributed by atoms with Crippen LogP contribution in [0.3, 0.4) is 0 Å². The molecule has 1 atom stereocenters. The maximum absolute atomic E-state index is 12.9. The monoisotopic (exact) mass is 392 g/mol. The molecule has 0 radical (unpaired) electrons. The molecule has 2 heterocycles. The van der Waals surface area contributed by atoms with Gasteiger partial charge in [0.2, 0.25) is 0 Å². The van der Waals surface area contributed by atoms with E-state index in [1.165, 1.54) is 11.1 Å². The van der Waals surface area contributed by atoms with Crippen LogP contribution in [0.4, 0.5) is 10.5 Å². The number of fused-ring (bicyclic) bond motifs is 1. The van der Waals surface area contributed by atoms with Gasteiger partial charge in [0.1, 0.15) is 11.6 Å². The van der Waals surface area contributed by atoms with Gasteiger partial charge in [0.25, 0.3) is 0 Å². The molecule has 0 saturated carbocycles. The fraction of sp³-hybridized carbons (Fsp3) is 0.391. The Balaban J connectivity index is 1.49. The van der Waals surface area contributed by atoms with Gasteiger partial charge in [-0.05, 0) is 69.0 Å². The zero-order valence-corrected chi connectivity index (χ0v) is 17.3. The summed E-state index contributed by atoms with van der Waals surface area (Å²) < 4.78 is 5.62. The van der Waals surface area contributed by atoms with Crippen LogP contribution in [-0.2, 0) is 0 Å². The van der Waals surface area contributed by atoms with E-state index in [1.807, 2.05) is 36.1 Å². The Hall–Kier alpha value is -3.02. The third-order valence-corrected chi connectivity index (χ3v) is 5.64. The first-order valence-corrected chi connectivity index (χ1v) is 10.3. The number of nitrogens with zero attached hydrogens (tertiary/aromatic N) is 2. The fourth-order valence-electron chi connectivity index (χ4n) is 3.91. The molecule has 1 saturated heterocycles. The number of carbonyl (C=O) groups is 1. The third-order valence-electron chi connectivity index (χ3n) is 5.64. The first kappa shape index (κ1) is 19.3. The minimum atomic E-state index is -0.0929. The number of carbonyl (C=O) groups excluding carboxylic acids is 1. The topological polar surface area (TPSA) is 70.2 Å². The van der Waals surface area contributed by atoms with Crippen molar-refractivity contribution in [1.82, 2.24) is 14.9 Å². The van der Waals surface area contributed by atoms with Crippen molar-refractivity contribution in [3.63, 3.8) is 0 Å². The standard InChI is InChI=1S/C23H28N4O2/c1-4-29-21-10-6-5-9-18(21)26-23(28)27-11-7-8-17(14-27)22-24-19-12-15(2)16(3)13-20(19)25-22/h5-6,9-10,12-13,17H,4,7-8,11,14H2,1-3H3,(H,24,25)(H,26,28)/t17-/m1/s1. The lowest BCUT2D eigenvalue weighted by Gasteiger charge is -2.32. The number of rotatable bonds is 4. The van der Waals surface area contributed by atoms with Crippen molar-refractivity contribution in [2.45, 2.75) is 39.5 Å². The van der Waals surface area contributed by atoms with Gasteiger partial charge in [0, 0.05) is 19.0 Å². The van der Waals surface area contributed by atoms with Crippen molar-refractivity contribution in [3.05, 3.63) is 53.3 Å². The SMILES string of the molecule is CCOc1ccccc1NC(=O)N1CCC[C@@H](c2nc3cc(C)c(C)cc3[nH]2)C1. The first-order chi connectivity index (χ1) is 14.0. The number of aromatic nitrogens is 2. The molecule has 152 valence electrons. The Morgan fingerprint density at radius 1 is 1.28 bits per heavy atom. The van der Waals surface area contributed by atoms with E-state index >= 15 is 0 Å². The number of likely N-dealkylation sites (tertiary alicyclic amines) is 1. The van der Waals surface area contributed by atoms with Gasteiger partial charge in [0.15, 0.2) is 0 Å². The molecule has 1 aliphatic rings. The number of aryl methyl sites for hydroxylation is 2. The molecule has 3 aromatic rings. The molecule has 2 N–H and O–H groups in total. The highest BCUT2D eigenvalue weighted by Crippen LogP contribution is 2.29. The Kier molecular flexibility index (Phi) is 5.43. The molecule has 2 amide bonds. The average Bonchev–Trinajstić information content (AvgIpc) is 3.13. The van der Waals surface area contributed by atoms with E-state index in [0.717, 1.165) is 36.2 Å². The van der Waals surface area contributed by atoms with E-state index < -0.39 is 0 Å². The van der Waals surface area contributed by atoms with Crippen molar-refractivity contribution >= 4 is 22.8 Å². The molecule has 6 nitrogen and oxygen atoms in total. The summed E-state index contributed by atoms with van der Waals surface area (Å²) >= 11 is 0. The van der Waals surface area contributed by atoms with E-state index in [4.69, 9.17) is 9.72 Å². The Bertz CT molecular complexity index is 988. The average molecular weight is 393 g/mol. The molecule has 0 unspecified atom stereocenters. The second-order valence-corrected chi connectivity index (χ2v) is 7.72. The van der Waals surface area contributed by atoms with Crippen molar-refractivity contribution in [2.75, 3.05) is 25.0 Å². The number of anilines is 1. The lowest BCUT2D eigenvalue weighted by atomic mass is 9.97. The molecule has 6 heteroatoms. The van der Waals surface area contributed by atoms with Crippen LogP contribution in [0.1, 0.15) is 42.6 Å². The summed E-state index contributed by atoms with van der Waals surface area (Å²) in [6, 6.07) is 11.7. The normalized spacial score (nSPS) is 16.8. The van der Waals surface area contributed by atoms with E-state index in [0.29, 0.717) is 24.6 Å². The predicted molar refractivity (Wildman–Crippen MR) is 116 cm³/mol. The minimum Gasteiger partial charge on any atom is -0.492 e. The molecule has 29 heavy (non-hydrogen) atoms. The molecule has 0 aliphatic carbocycles. The first-order valence-electron chi connectivity index (χ1n) is 10.3. The van der Waals surface area contributed by atoms with Crippen molar-refractivity contribution in [2.24, 2.45) is 0 Å². The van der Waals surface area contributed by atoms with Crippen LogP contribution >= 0.6 is 0 Å². The number of amides is 2. The van der Waals surface area contributed by atoms with Gasteiger partial charge in [-0.15, -0.1) is 0 Å². The molecule has 1 fully saturated rings. The van der Waals surface area contributed by atoms with Gasteiger partial charge in [0.05, 0.1) is 23.3 Å². The van der Waals surface area contributed by atoms with Crippen LogP contribution < -0.4 is 10.1 Å². The third kappa shape index (κ3) is 4.06. The highest BCUT2D eigenvalue weighted by Gasteiger charge is 2.27. The summed E-state index contributed by atoms with van der Waals surface area (Å²) in [6.07, 6.45) is 1.98. The summed E-state index contributed by atoms with van der Waals surface area (Å²) in [4.78, 5) is 23.1. The van der Waals surface area contributed by atoms with Gasteiger partial charge in [-0.2, -0.15) is 0 Å². The number of hydrogen-bond donors (Lipinski definition) is 2. The van der Waals surface area contributed by atoms with Gasteiger partial charge in [-0.3, -0.25) is 0 Å². The Morgan fingerprint density at radius 3 is 2.90 bits per heavy atom. The number of hydrogen-bond acceptors (Lipinski definition) is 3. The minimum absolute atomic E-state index is 0.0929.